The summed E-state index contributed by atoms with van der Waals surface area (Å²) in [5, 5.41) is 0.564. The molecule has 0 aliphatic carbocycles. The van der Waals surface area contributed by atoms with E-state index in [2.05, 4.69) is 4.74 Å². The Bertz CT molecular complexity index is 1170. The Morgan fingerprint density at radius 1 is 0.970 bits per heavy atom. The number of hydrogen-bond donors (Lipinski definition) is 0. The van der Waals surface area contributed by atoms with Crippen LogP contribution < -0.4 is 4.74 Å². The Labute approximate surface area is 193 Å². The van der Waals surface area contributed by atoms with Crippen LogP contribution in [-0.4, -0.2) is 25.2 Å². The number of carbonyl (C=O) groups is 1. The van der Waals surface area contributed by atoms with Crippen LogP contribution in [0.3, 0.4) is 0 Å². The van der Waals surface area contributed by atoms with Gasteiger partial charge in [0.05, 0.1) is 19.1 Å². The average Bonchev–Trinajstić information content (AvgIpc) is 3.24. The molecule has 0 spiro atoms. The van der Waals surface area contributed by atoms with E-state index in [0.717, 1.165) is 28.0 Å². The Morgan fingerprint density at radius 3 is 2.15 bits per heavy atom. The van der Waals surface area contributed by atoms with Crippen molar-refractivity contribution in [1.29, 1.82) is 0 Å². The van der Waals surface area contributed by atoms with Crippen LogP contribution in [0.1, 0.15) is 23.6 Å². The lowest BCUT2D eigenvalue weighted by molar-refractivity contribution is -0.274. The van der Waals surface area contributed by atoms with Gasteiger partial charge in [0, 0.05) is 22.7 Å². The van der Waals surface area contributed by atoms with Gasteiger partial charge in [-0.05, 0) is 34.9 Å². The highest BCUT2D eigenvalue weighted by Crippen LogP contribution is 2.39. The van der Waals surface area contributed by atoms with Crippen LogP contribution in [0, 0.1) is 5.92 Å². The maximum Gasteiger partial charge on any atom is 0.573 e. The van der Waals surface area contributed by atoms with Crippen molar-refractivity contribution in [2.45, 2.75) is 18.8 Å². The number of aliphatic imine (C=N–C) groups is 1. The quantitative estimate of drug-likeness (QED) is 0.391. The molecule has 1 aliphatic heterocycles. The van der Waals surface area contributed by atoms with Crippen molar-refractivity contribution in [2.24, 2.45) is 10.9 Å². The average molecular weight is 474 g/mol. The molecule has 0 radical (unpaired) electrons. The third kappa shape index (κ3) is 5.20. The molecule has 8 heteroatoms. The highest BCUT2D eigenvalue weighted by Gasteiger charge is 2.37. The van der Waals surface area contributed by atoms with E-state index in [1.807, 2.05) is 42.5 Å². The second-order valence-corrected chi connectivity index (χ2v) is 7.94. The van der Waals surface area contributed by atoms with Gasteiger partial charge in [0.2, 0.25) is 0 Å². The van der Waals surface area contributed by atoms with Crippen LogP contribution in [0.2, 0.25) is 5.02 Å². The molecule has 33 heavy (non-hydrogen) atoms. The highest BCUT2D eigenvalue weighted by atomic mass is 35.5. The zero-order chi connectivity index (χ0) is 23.6. The van der Waals surface area contributed by atoms with Gasteiger partial charge in [-0.2, -0.15) is 0 Å². The summed E-state index contributed by atoms with van der Waals surface area (Å²) in [6.45, 7) is 0. The summed E-state index contributed by atoms with van der Waals surface area (Å²) in [4.78, 5) is 17.3. The molecule has 0 amide bonds. The van der Waals surface area contributed by atoms with Crippen LogP contribution in [0.25, 0.3) is 11.1 Å². The van der Waals surface area contributed by atoms with Crippen LogP contribution in [-0.2, 0) is 9.53 Å². The topological polar surface area (TPSA) is 47.9 Å². The summed E-state index contributed by atoms with van der Waals surface area (Å²) < 4.78 is 46.0. The molecule has 4 rings (SSSR count). The van der Waals surface area contributed by atoms with Crippen molar-refractivity contribution in [2.75, 3.05) is 7.11 Å². The first-order chi connectivity index (χ1) is 15.7. The van der Waals surface area contributed by atoms with Crippen LogP contribution in [0.5, 0.6) is 5.75 Å². The third-order valence-corrected chi connectivity index (χ3v) is 5.78. The first-order valence-electron chi connectivity index (χ1n) is 10.1. The fourth-order valence-corrected chi connectivity index (χ4v) is 4.14. The molecule has 1 heterocycles. The summed E-state index contributed by atoms with van der Waals surface area (Å²) in [6.07, 6.45) is -4.33. The number of ether oxygens (including phenoxy) is 2. The van der Waals surface area contributed by atoms with Crippen LogP contribution in [0.4, 0.5) is 13.2 Å². The molecule has 3 aromatic carbocycles. The normalized spacial score (nSPS) is 18.0. The minimum Gasteiger partial charge on any atom is -0.469 e. The van der Waals surface area contributed by atoms with E-state index in [1.165, 1.54) is 19.2 Å². The minimum absolute atomic E-state index is 0.281. The van der Waals surface area contributed by atoms with Gasteiger partial charge in [-0.15, -0.1) is 13.2 Å². The molecule has 0 bridgehead atoms. The van der Waals surface area contributed by atoms with Gasteiger partial charge in [0.1, 0.15) is 5.75 Å². The summed E-state index contributed by atoms with van der Waals surface area (Å²) >= 11 is 6.33. The van der Waals surface area contributed by atoms with Gasteiger partial charge < -0.3 is 9.47 Å². The number of carbonyl (C=O) groups excluding carboxylic acids is 1. The molecule has 2 atom stereocenters. The van der Waals surface area contributed by atoms with E-state index in [9.17, 15) is 18.0 Å². The number of alkyl halides is 3. The van der Waals surface area contributed by atoms with Gasteiger partial charge in [0.15, 0.2) is 0 Å². The molecule has 0 fully saturated rings. The Hall–Kier alpha value is -3.32. The van der Waals surface area contributed by atoms with Crippen molar-refractivity contribution in [1.82, 2.24) is 0 Å². The molecule has 2 unspecified atom stereocenters. The summed E-state index contributed by atoms with van der Waals surface area (Å²) in [7, 11) is 1.35. The molecule has 3 aromatic rings. The Balaban J connectivity index is 1.59. The van der Waals surface area contributed by atoms with E-state index in [4.69, 9.17) is 21.3 Å². The van der Waals surface area contributed by atoms with Crippen molar-refractivity contribution >= 4 is 23.3 Å². The van der Waals surface area contributed by atoms with Gasteiger partial charge >= 0.3 is 12.3 Å². The van der Waals surface area contributed by atoms with Crippen molar-refractivity contribution in [3.8, 4) is 16.9 Å². The molecule has 1 aliphatic rings. The van der Waals surface area contributed by atoms with E-state index in [0.29, 0.717) is 11.4 Å². The first-order valence-corrected chi connectivity index (χ1v) is 10.5. The molecule has 0 saturated heterocycles. The first kappa shape index (κ1) is 22.9. The lowest BCUT2D eigenvalue weighted by Crippen LogP contribution is -2.20. The molecule has 0 aromatic heterocycles. The minimum atomic E-state index is -4.73. The smallest absolute Gasteiger partial charge is 0.469 e. The number of halogens is 4. The zero-order valence-corrected chi connectivity index (χ0v) is 18.2. The van der Waals surface area contributed by atoms with Crippen LogP contribution in [0.15, 0.2) is 77.8 Å². The van der Waals surface area contributed by atoms with Crippen molar-refractivity contribution in [3.63, 3.8) is 0 Å². The largest absolute Gasteiger partial charge is 0.573 e. The number of nitrogens with zero attached hydrogens (tertiary/aromatic N) is 1. The number of esters is 1. The van der Waals surface area contributed by atoms with Gasteiger partial charge in [-0.3, -0.25) is 9.79 Å². The SMILES string of the molecule is COC(=O)C1CC(c2ccccc2Cl)=NC1c1ccc(-c2ccc(OC(F)(F)F)cc2)cc1. The van der Waals surface area contributed by atoms with Gasteiger partial charge in [0.25, 0.3) is 0 Å². The lowest BCUT2D eigenvalue weighted by atomic mass is 9.90. The molecular formula is C25H19ClF3NO3. The second-order valence-electron chi connectivity index (χ2n) is 7.53. The van der Waals surface area contributed by atoms with E-state index < -0.39 is 18.3 Å². The summed E-state index contributed by atoms with van der Waals surface area (Å²) in [5.41, 5.74) is 3.89. The van der Waals surface area contributed by atoms with Gasteiger partial charge in [-0.25, -0.2) is 0 Å². The summed E-state index contributed by atoms with van der Waals surface area (Å²) in [5.74, 6) is -1.11. The summed E-state index contributed by atoms with van der Waals surface area (Å²) in [6, 6.07) is 19.9. The van der Waals surface area contributed by atoms with E-state index >= 15 is 0 Å². The third-order valence-electron chi connectivity index (χ3n) is 5.45. The molecule has 0 N–H and O–H groups in total. The molecule has 170 valence electrons. The van der Waals surface area contributed by atoms with Crippen LogP contribution >= 0.6 is 11.6 Å². The monoisotopic (exact) mass is 473 g/mol. The highest BCUT2D eigenvalue weighted by molar-refractivity contribution is 6.34. The predicted molar refractivity (Wildman–Crippen MR) is 119 cm³/mol. The number of rotatable bonds is 5. The number of hydrogen-bond acceptors (Lipinski definition) is 4. The van der Waals surface area contributed by atoms with Gasteiger partial charge in [-0.1, -0.05) is 66.2 Å². The lowest BCUT2D eigenvalue weighted by Gasteiger charge is -2.16. The van der Waals surface area contributed by atoms with E-state index in [-0.39, 0.29) is 11.7 Å². The molecule has 0 saturated carbocycles. The number of methoxy groups -OCH3 is 1. The van der Waals surface area contributed by atoms with Crippen molar-refractivity contribution < 1.29 is 27.4 Å². The van der Waals surface area contributed by atoms with Crippen molar-refractivity contribution in [3.05, 3.63) is 88.9 Å². The second kappa shape index (κ2) is 9.27. The maximum absolute atomic E-state index is 12.5. The Kier molecular flexibility index (Phi) is 6.42. The fourth-order valence-electron chi connectivity index (χ4n) is 3.90. The zero-order valence-electron chi connectivity index (χ0n) is 17.5. The standard InChI is InChI=1S/C25H19ClF3NO3/c1-32-24(31)20-14-22(19-4-2-3-5-21(19)26)30-23(20)17-8-6-15(7-9-17)16-10-12-18(13-11-16)33-25(27,28)29/h2-13,20,23H,14H2,1H3. The molecule has 4 nitrogen and oxygen atoms in total. The molecular weight excluding hydrogens is 455 g/mol. The maximum atomic E-state index is 12.5. The fraction of sp³-hybridized carbons (Fsp3) is 0.200. The van der Waals surface area contributed by atoms with E-state index in [1.54, 1.807) is 18.2 Å². The predicted octanol–water partition coefficient (Wildman–Crippen LogP) is 6.63. The number of benzene rings is 3. The Morgan fingerprint density at radius 2 is 1.58 bits per heavy atom.